The van der Waals surface area contributed by atoms with E-state index < -0.39 is 30.8 Å². The summed E-state index contributed by atoms with van der Waals surface area (Å²) >= 11 is -3.41. The minimum atomic E-state index is -4.02. The van der Waals surface area contributed by atoms with Crippen molar-refractivity contribution in [2.45, 2.75) is 71.1 Å². The molecule has 0 amide bonds. The number of benzene rings is 2. The molecule has 0 aliphatic rings. The van der Waals surface area contributed by atoms with Crippen molar-refractivity contribution in [1.82, 2.24) is 0 Å². The zero-order chi connectivity index (χ0) is 21.2. The standard InChI is InChI=1S/C22H31IO4S/c1-14(2)18-12-20(15(3)4)22(21(13-18)16(5)6)23(24)27-28(25,26)19-10-8-17(7)9-11-19/h8-16,24H,1-7H3. The van der Waals surface area contributed by atoms with Gasteiger partial charge in [-0.05, 0) is 0 Å². The van der Waals surface area contributed by atoms with Gasteiger partial charge >= 0.3 is 178 Å². The first-order chi connectivity index (χ1) is 12.9. The van der Waals surface area contributed by atoms with Crippen molar-refractivity contribution >= 4 is 30.8 Å². The second-order valence-electron chi connectivity index (χ2n) is 8.04. The first-order valence-corrected chi connectivity index (χ1v) is 13.9. The molecule has 156 valence electrons. The number of halogens is 1. The molecule has 2 rings (SSSR count). The summed E-state index contributed by atoms with van der Waals surface area (Å²) in [6.45, 7) is 14.4. The Bertz CT molecular complexity index is 887. The third-order valence-electron chi connectivity index (χ3n) is 4.68. The van der Waals surface area contributed by atoms with Crippen LogP contribution in [0.1, 0.15) is 81.5 Å². The van der Waals surface area contributed by atoms with E-state index >= 15 is 0 Å². The van der Waals surface area contributed by atoms with Crippen LogP contribution in [0.2, 0.25) is 0 Å². The molecular weight excluding hydrogens is 487 g/mol. The van der Waals surface area contributed by atoms with Crippen LogP contribution in [0, 0.1) is 10.5 Å². The Morgan fingerprint density at radius 3 is 1.71 bits per heavy atom. The molecular formula is C22H31IO4S. The molecule has 0 spiro atoms. The quantitative estimate of drug-likeness (QED) is 0.439. The van der Waals surface area contributed by atoms with E-state index in [9.17, 15) is 11.9 Å². The monoisotopic (exact) mass is 518 g/mol. The van der Waals surface area contributed by atoms with E-state index in [2.05, 4.69) is 53.7 Å². The van der Waals surface area contributed by atoms with E-state index in [1.807, 2.05) is 6.92 Å². The summed E-state index contributed by atoms with van der Waals surface area (Å²) in [6.07, 6.45) is 0. The third-order valence-corrected chi connectivity index (χ3v) is 10.4. The molecule has 0 radical (unpaired) electrons. The van der Waals surface area contributed by atoms with Crippen molar-refractivity contribution in [3.05, 3.63) is 62.2 Å². The van der Waals surface area contributed by atoms with E-state index in [-0.39, 0.29) is 16.7 Å². The fourth-order valence-electron chi connectivity index (χ4n) is 2.91. The molecule has 0 aliphatic carbocycles. The van der Waals surface area contributed by atoms with E-state index in [1.54, 1.807) is 12.1 Å². The molecule has 0 saturated carbocycles. The number of hydrogen-bond donors (Lipinski definition) is 1. The van der Waals surface area contributed by atoms with E-state index in [0.717, 1.165) is 16.7 Å². The molecule has 4 nitrogen and oxygen atoms in total. The Hall–Kier alpha value is -0.960. The molecule has 0 aromatic heterocycles. The van der Waals surface area contributed by atoms with Gasteiger partial charge in [-0.1, -0.05) is 0 Å². The Kier molecular flexibility index (Phi) is 7.69. The van der Waals surface area contributed by atoms with Crippen LogP contribution in [-0.4, -0.2) is 11.9 Å². The van der Waals surface area contributed by atoms with Crippen molar-refractivity contribution in [2.24, 2.45) is 0 Å². The van der Waals surface area contributed by atoms with Gasteiger partial charge in [-0.15, -0.1) is 0 Å². The predicted molar refractivity (Wildman–Crippen MR) is 123 cm³/mol. The molecule has 0 unspecified atom stereocenters. The Balaban J connectivity index is 2.54. The van der Waals surface area contributed by atoms with Crippen LogP contribution >= 0.6 is 20.6 Å². The molecule has 2 aromatic rings. The zero-order valence-corrected chi connectivity index (χ0v) is 20.6. The second-order valence-corrected chi connectivity index (χ2v) is 13.0. The molecule has 0 saturated heterocycles. The Morgan fingerprint density at radius 1 is 0.857 bits per heavy atom. The first-order valence-electron chi connectivity index (χ1n) is 9.52. The Labute approximate surface area is 177 Å². The van der Waals surface area contributed by atoms with Gasteiger partial charge in [0.25, 0.3) is 0 Å². The first kappa shape index (κ1) is 23.3. The average molecular weight is 518 g/mol. The van der Waals surface area contributed by atoms with Gasteiger partial charge in [0.2, 0.25) is 0 Å². The molecule has 0 atom stereocenters. The van der Waals surface area contributed by atoms with Gasteiger partial charge in [0, 0.05) is 0 Å². The summed E-state index contributed by atoms with van der Waals surface area (Å²) in [6, 6.07) is 10.7. The van der Waals surface area contributed by atoms with E-state index in [1.165, 1.54) is 17.7 Å². The van der Waals surface area contributed by atoms with Gasteiger partial charge in [0.1, 0.15) is 0 Å². The van der Waals surface area contributed by atoms with Crippen molar-refractivity contribution < 1.29 is 14.4 Å². The molecule has 1 N–H and O–H groups in total. The van der Waals surface area contributed by atoms with Gasteiger partial charge < -0.3 is 0 Å². The Morgan fingerprint density at radius 2 is 1.32 bits per heavy atom. The topological polar surface area (TPSA) is 63.6 Å². The predicted octanol–water partition coefficient (Wildman–Crippen LogP) is 6.27. The molecule has 28 heavy (non-hydrogen) atoms. The summed E-state index contributed by atoms with van der Waals surface area (Å²) in [7, 11) is -4.02. The van der Waals surface area contributed by atoms with Gasteiger partial charge in [-0.2, -0.15) is 0 Å². The summed E-state index contributed by atoms with van der Waals surface area (Å²) in [5, 5.41) is 0. The van der Waals surface area contributed by atoms with E-state index in [0.29, 0.717) is 9.49 Å². The average Bonchev–Trinajstić information content (AvgIpc) is 2.60. The maximum atomic E-state index is 12.7. The number of aryl methyl sites for hydroxylation is 1. The van der Waals surface area contributed by atoms with Crippen LogP contribution in [0.15, 0.2) is 41.3 Å². The second kappa shape index (κ2) is 9.24. The number of hydrogen-bond acceptors (Lipinski definition) is 4. The minimum absolute atomic E-state index is 0.0745. The summed E-state index contributed by atoms with van der Waals surface area (Å²) in [5.41, 5.74) is 4.14. The van der Waals surface area contributed by atoms with Crippen LogP contribution in [0.3, 0.4) is 0 Å². The van der Waals surface area contributed by atoms with Crippen LogP contribution in [0.25, 0.3) is 0 Å². The normalized spacial score (nSPS) is 12.9. The van der Waals surface area contributed by atoms with Crippen molar-refractivity contribution in [3.8, 4) is 0 Å². The van der Waals surface area contributed by atoms with E-state index in [4.69, 9.17) is 2.51 Å². The van der Waals surface area contributed by atoms with Gasteiger partial charge in [-0.25, -0.2) is 0 Å². The van der Waals surface area contributed by atoms with Gasteiger partial charge in [0.05, 0.1) is 0 Å². The summed E-state index contributed by atoms with van der Waals surface area (Å²) in [4.78, 5) is 0.0745. The third kappa shape index (κ3) is 5.34. The fraction of sp³-hybridized carbons (Fsp3) is 0.455. The zero-order valence-electron chi connectivity index (χ0n) is 17.7. The SMILES string of the molecule is Cc1ccc(S(=O)(=O)OI(O)c2c(C(C)C)cc(C(C)C)cc2C(C)C)cc1. The molecule has 0 bridgehead atoms. The molecule has 0 heterocycles. The van der Waals surface area contributed by atoms with Crippen LogP contribution in [0.5, 0.6) is 0 Å². The molecule has 2 aromatic carbocycles. The van der Waals surface area contributed by atoms with Crippen molar-refractivity contribution in [2.75, 3.05) is 0 Å². The molecule has 0 fully saturated rings. The summed E-state index contributed by atoms with van der Waals surface area (Å²) < 4.78 is 42.6. The maximum absolute atomic E-state index is 12.7. The number of rotatable bonds is 7. The van der Waals surface area contributed by atoms with Crippen molar-refractivity contribution in [3.63, 3.8) is 0 Å². The van der Waals surface area contributed by atoms with Crippen LogP contribution in [0.4, 0.5) is 0 Å². The van der Waals surface area contributed by atoms with Gasteiger partial charge in [0.15, 0.2) is 0 Å². The van der Waals surface area contributed by atoms with Gasteiger partial charge in [-0.3, -0.25) is 0 Å². The summed E-state index contributed by atoms with van der Waals surface area (Å²) in [5.74, 6) is 0.662. The molecule has 6 heteroatoms. The van der Waals surface area contributed by atoms with Crippen LogP contribution in [-0.2, 0) is 12.6 Å². The fourth-order valence-corrected chi connectivity index (χ4v) is 8.80. The molecule has 0 aliphatic heterocycles. The van der Waals surface area contributed by atoms with Crippen LogP contribution < -0.4 is 0 Å². The van der Waals surface area contributed by atoms with Crippen molar-refractivity contribution in [1.29, 1.82) is 0 Å².